The fourth-order valence-corrected chi connectivity index (χ4v) is 6.12. The van der Waals surface area contributed by atoms with Crippen LogP contribution in [0.4, 0.5) is 4.39 Å². The van der Waals surface area contributed by atoms with E-state index in [-0.39, 0.29) is 39.8 Å². The average molecular weight is 405 g/mol. The topological polar surface area (TPSA) is 75.7 Å². The second-order valence-electron chi connectivity index (χ2n) is 6.97. The summed E-state index contributed by atoms with van der Waals surface area (Å²) in [5.41, 5.74) is 0. The Balaban J connectivity index is 1.80. The summed E-state index contributed by atoms with van der Waals surface area (Å²) in [4.78, 5) is 11.3. The fraction of sp³-hybridized carbons (Fsp3) is 0.588. The number of hydrogen-bond donors (Lipinski definition) is 1. The number of halogens is 2. The van der Waals surface area contributed by atoms with E-state index < -0.39 is 15.8 Å². The smallest absolute Gasteiger partial charge is 0.244 e. The Morgan fingerprint density at radius 1 is 1.31 bits per heavy atom. The molecule has 1 aromatic rings. The molecule has 4 atom stereocenters. The Morgan fingerprint density at radius 3 is 2.54 bits per heavy atom. The highest BCUT2D eigenvalue weighted by molar-refractivity contribution is 7.89. The highest BCUT2D eigenvalue weighted by Crippen LogP contribution is 2.40. The number of fused-ring (bicyclic) bond motifs is 1. The molecule has 2 aliphatic rings. The number of nitrogens with zero attached hydrogens (tertiary/aromatic N) is 1. The van der Waals surface area contributed by atoms with E-state index in [4.69, 9.17) is 16.3 Å². The molecule has 9 heteroatoms. The minimum Gasteiger partial charge on any atom is -0.379 e. The summed E-state index contributed by atoms with van der Waals surface area (Å²) in [6.45, 7) is 2.18. The van der Waals surface area contributed by atoms with E-state index in [0.717, 1.165) is 12.1 Å². The van der Waals surface area contributed by atoms with Crippen molar-refractivity contribution in [2.75, 3.05) is 20.2 Å². The van der Waals surface area contributed by atoms with E-state index in [1.165, 1.54) is 17.3 Å². The second kappa shape index (κ2) is 7.42. The maximum Gasteiger partial charge on any atom is 0.244 e. The van der Waals surface area contributed by atoms with Crippen molar-refractivity contribution >= 4 is 27.5 Å². The first-order chi connectivity index (χ1) is 12.2. The standard InChI is InChI=1S/C17H22ClFN2O4S/c1-10(22)20-15-5-11-8-21(9-12(11)6-16(15)25-2)26(23,24)17-4-3-13(19)7-14(17)18/h3-4,7,11-12,15-16H,5-6,8-9H2,1-2H3,(H,20,22)/t11-,12+,15-,16-/m1/s1. The Bertz CT molecular complexity index is 804. The monoisotopic (exact) mass is 404 g/mol. The third-order valence-electron chi connectivity index (χ3n) is 5.29. The molecule has 0 unspecified atom stereocenters. The van der Waals surface area contributed by atoms with Crippen molar-refractivity contribution < 1.29 is 22.3 Å². The highest BCUT2D eigenvalue weighted by atomic mass is 35.5. The lowest BCUT2D eigenvalue weighted by Gasteiger charge is -2.37. The zero-order valence-electron chi connectivity index (χ0n) is 14.6. The van der Waals surface area contributed by atoms with Crippen LogP contribution in [0.15, 0.2) is 23.1 Å². The predicted molar refractivity (Wildman–Crippen MR) is 94.8 cm³/mol. The molecule has 1 amide bonds. The van der Waals surface area contributed by atoms with Crippen LogP contribution in [-0.4, -0.2) is 51.0 Å². The van der Waals surface area contributed by atoms with E-state index in [0.29, 0.717) is 25.9 Å². The highest BCUT2D eigenvalue weighted by Gasteiger charge is 2.46. The van der Waals surface area contributed by atoms with Crippen molar-refractivity contribution in [2.24, 2.45) is 11.8 Å². The Labute approximate surface area is 157 Å². The lowest BCUT2D eigenvalue weighted by molar-refractivity contribution is -0.121. The van der Waals surface area contributed by atoms with E-state index >= 15 is 0 Å². The third-order valence-corrected chi connectivity index (χ3v) is 7.60. The molecule has 144 valence electrons. The number of carbonyl (C=O) groups is 1. The number of hydrogen-bond acceptors (Lipinski definition) is 4. The number of ether oxygens (including phenoxy) is 1. The van der Waals surface area contributed by atoms with Crippen molar-refractivity contribution in [2.45, 2.75) is 36.8 Å². The number of rotatable bonds is 4. The van der Waals surface area contributed by atoms with Crippen molar-refractivity contribution in [1.29, 1.82) is 0 Å². The van der Waals surface area contributed by atoms with Gasteiger partial charge in [-0.15, -0.1) is 0 Å². The quantitative estimate of drug-likeness (QED) is 0.833. The zero-order chi connectivity index (χ0) is 19.1. The summed E-state index contributed by atoms with van der Waals surface area (Å²) in [5.74, 6) is -0.424. The molecular weight excluding hydrogens is 383 g/mol. The first kappa shape index (κ1) is 19.5. The summed E-state index contributed by atoms with van der Waals surface area (Å²) in [7, 11) is -2.20. The van der Waals surface area contributed by atoms with Crippen molar-refractivity contribution in [3.05, 3.63) is 29.0 Å². The molecule has 0 spiro atoms. The van der Waals surface area contributed by atoms with Gasteiger partial charge < -0.3 is 10.1 Å². The van der Waals surface area contributed by atoms with Crippen molar-refractivity contribution in [3.63, 3.8) is 0 Å². The van der Waals surface area contributed by atoms with E-state index in [1.54, 1.807) is 7.11 Å². The largest absolute Gasteiger partial charge is 0.379 e. The second-order valence-corrected chi connectivity index (χ2v) is 9.28. The molecular formula is C17H22ClFN2O4S. The molecule has 1 aliphatic carbocycles. The maximum atomic E-state index is 13.2. The summed E-state index contributed by atoms with van der Waals surface area (Å²) >= 11 is 5.96. The van der Waals surface area contributed by atoms with Crippen molar-refractivity contribution in [1.82, 2.24) is 9.62 Å². The minimum atomic E-state index is -3.80. The third kappa shape index (κ3) is 3.74. The Hall–Kier alpha value is -1.22. The average Bonchev–Trinajstić information content (AvgIpc) is 2.96. The lowest BCUT2D eigenvalue weighted by atomic mass is 9.77. The molecule has 0 radical (unpaired) electrons. The van der Waals surface area contributed by atoms with Crippen LogP contribution >= 0.6 is 11.6 Å². The van der Waals surface area contributed by atoms with Crippen LogP contribution in [0.5, 0.6) is 0 Å². The molecule has 1 saturated heterocycles. The van der Waals surface area contributed by atoms with Gasteiger partial charge in [0.05, 0.1) is 17.2 Å². The summed E-state index contributed by atoms with van der Waals surface area (Å²) in [6.07, 6.45) is 1.19. The van der Waals surface area contributed by atoms with Gasteiger partial charge in [-0.3, -0.25) is 4.79 Å². The van der Waals surface area contributed by atoms with Gasteiger partial charge in [0, 0.05) is 27.1 Å². The van der Waals surface area contributed by atoms with Gasteiger partial charge >= 0.3 is 0 Å². The molecule has 0 bridgehead atoms. The van der Waals surface area contributed by atoms with Gasteiger partial charge in [0.15, 0.2) is 0 Å². The number of amides is 1. The summed E-state index contributed by atoms with van der Waals surface area (Å²) in [6, 6.07) is 3.17. The Kier molecular flexibility index (Phi) is 5.58. The van der Waals surface area contributed by atoms with Crippen LogP contribution < -0.4 is 5.32 Å². The summed E-state index contributed by atoms with van der Waals surface area (Å²) < 4.78 is 46.0. The molecule has 1 N–H and O–H groups in total. The molecule has 0 aromatic heterocycles. The number of sulfonamides is 1. The van der Waals surface area contributed by atoms with Crippen LogP contribution in [0.3, 0.4) is 0 Å². The zero-order valence-corrected chi connectivity index (χ0v) is 16.2. The van der Waals surface area contributed by atoms with Gasteiger partial charge in [0.1, 0.15) is 10.7 Å². The molecule has 1 aromatic carbocycles. The normalized spacial score (nSPS) is 29.4. The van der Waals surface area contributed by atoms with Crippen LogP contribution in [-0.2, 0) is 19.6 Å². The molecule has 6 nitrogen and oxygen atoms in total. The van der Waals surface area contributed by atoms with Crippen LogP contribution in [0, 0.1) is 17.7 Å². The van der Waals surface area contributed by atoms with Gasteiger partial charge in [-0.25, -0.2) is 12.8 Å². The van der Waals surface area contributed by atoms with E-state index in [2.05, 4.69) is 5.32 Å². The van der Waals surface area contributed by atoms with Gasteiger partial charge in [-0.1, -0.05) is 11.6 Å². The van der Waals surface area contributed by atoms with Crippen LogP contribution in [0.25, 0.3) is 0 Å². The van der Waals surface area contributed by atoms with E-state index in [1.807, 2.05) is 0 Å². The van der Waals surface area contributed by atoms with Gasteiger partial charge in [0.25, 0.3) is 0 Å². The molecule has 1 saturated carbocycles. The minimum absolute atomic E-state index is 0.0825. The number of nitrogens with one attached hydrogen (secondary N) is 1. The number of methoxy groups -OCH3 is 1. The molecule has 1 heterocycles. The van der Waals surface area contributed by atoms with Gasteiger partial charge in [0.2, 0.25) is 15.9 Å². The molecule has 26 heavy (non-hydrogen) atoms. The predicted octanol–water partition coefficient (Wildman–Crippen LogP) is 2.03. The number of benzene rings is 1. The Morgan fingerprint density at radius 2 is 1.96 bits per heavy atom. The summed E-state index contributed by atoms with van der Waals surface area (Å²) in [5, 5.41) is 2.78. The maximum absolute atomic E-state index is 13.2. The van der Waals surface area contributed by atoms with Crippen LogP contribution in [0.1, 0.15) is 19.8 Å². The molecule has 3 rings (SSSR count). The first-order valence-corrected chi connectivity index (χ1v) is 10.3. The van der Waals surface area contributed by atoms with Gasteiger partial charge in [-0.05, 0) is 42.9 Å². The SMILES string of the molecule is CO[C@@H]1C[C@H]2CN(S(=O)(=O)c3ccc(F)cc3Cl)C[C@H]2C[C@H]1NC(C)=O. The van der Waals surface area contributed by atoms with Crippen molar-refractivity contribution in [3.8, 4) is 0 Å². The molecule has 1 aliphatic heterocycles. The first-order valence-electron chi connectivity index (χ1n) is 8.47. The van der Waals surface area contributed by atoms with E-state index in [9.17, 15) is 17.6 Å². The molecule has 2 fully saturated rings. The van der Waals surface area contributed by atoms with Crippen LogP contribution in [0.2, 0.25) is 5.02 Å². The number of carbonyl (C=O) groups excluding carboxylic acids is 1. The van der Waals surface area contributed by atoms with Gasteiger partial charge in [-0.2, -0.15) is 4.31 Å². The lowest BCUT2D eigenvalue weighted by Crippen LogP contribution is -2.49. The fourth-order valence-electron chi connectivity index (χ4n) is 4.06.